The van der Waals surface area contributed by atoms with Crippen molar-refractivity contribution in [3.8, 4) is 0 Å². The Bertz CT molecular complexity index is 618. The molecule has 25 heavy (non-hydrogen) atoms. The fourth-order valence-electron chi connectivity index (χ4n) is 2.31. The highest BCUT2D eigenvalue weighted by atomic mass is 19.3. The summed E-state index contributed by atoms with van der Waals surface area (Å²) in [5, 5.41) is 14.2. The smallest absolute Gasteiger partial charge is 0.294 e. The van der Waals surface area contributed by atoms with Crippen molar-refractivity contribution in [2.24, 2.45) is 5.92 Å². The number of hydrogen-bond acceptors (Lipinski definition) is 4. The molecular formula is C17H25F2N3O3. The molecule has 6 nitrogen and oxygen atoms in total. The van der Waals surface area contributed by atoms with Gasteiger partial charge in [-0.1, -0.05) is 6.92 Å². The van der Waals surface area contributed by atoms with Crippen molar-refractivity contribution in [1.29, 1.82) is 0 Å². The van der Waals surface area contributed by atoms with Crippen molar-refractivity contribution >= 4 is 23.0 Å². The van der Waals surface area contributed by atoms with Crippen molar-refractivity contribution in [1.82, 2.24) is 0 Å². The molecule has 8 heteroatoms. The highest BCUT2D eigenvalue weighted by molar-refractivity contribution is 5.91. The first-order chi connectivity index (χ1) is 11.5. The number of carbonyl (C=O) groups is 1. The number of nitro benzene ring substituents is 1. The van der Waals surface area contributed by atoms with Gasteiger partial charge < -0.3 is 10.2 Å². The van der Waals surface area contributed by atoms with Gasteiger partial charge in [-0.05, 0) is 37.8 Å². The molecular weight excluding hydrogens is 332 g/mol. The second kappa shape index (κ2) is 8.73. The van der Waals surface area contributed by atoms with Gasteiger partial charge in [0.2, 0.25) is 11.8 Å². The number of halogens is 2. The molecule has 1 amide bonds. The number of amides is 1. The van der Waals surface area contributed by atoms with Crippen LogP contribution in [0.3, 0.4) is 0 Å². The minimum atomic E-state index is -2.67. The van der Waals surface area contributed by atoms with E-state index in [0.717, 1.165) is 6.92 Å². The van der Waals surface area contributed by atoms with Crippen LogP contribution in [0.15, 0.2) is 18.2 Å². The van der Waals surface area contributed by atoms with Gasteiger partial charge in [0.15, 0.2) is 0 Å². The predicted octanol–water partition coefficient (Wildman–Crippen LogP) is 4.45. The summed E-state index contributed by atoms with van der Waals surface area (Å²) in [5.41, 5.74) is 0.653. The van der Waals surface area contributed by atoms with Crippen LogP contribution >= 0.6 is 0 Å². The van der Waals surface area contributed by atoms with Crippen LogP contribution in [0, 0.1) is 16.0 Å². The lowest BCUT2D eigenvalue weighted by atomic mass is 9.99. The standard InChI is InChI=1S/C17H25F2N3O3/c1-12(7-9-17(3,18)19)8-10-20-15-6-5-14(21(4)13(2)23)11-16(15)22(24)25/h5-6,11-12,20H,7-10H2,1-4H3. The van der Waals surface area contributed by atoms with Crippen LogP contribution < -0.4 is 10.2 Å². The zero-order valence-corrected chi connectivity index (χ0v) is 15.0. The van der Waals surface area contributed by atoms with E-state index in [1.807, 2.05) is 6.92 Å². The van der Waals surface area contributed by atoms with E-state index in [-0.39, 0.29) is 23.9 Å². The number of anilines is 2. The topological polar surface area (TPSA) is 75.5 Å². The Kier molecular flexibility index (Phi) is 7.26. The second-order valence-electron chi connectivity index (χ2n) is 6.47. The molecule has 1 N–H and O–H groups in total. The molecule has 0 bridgehead atoms. The van der Waals surface area contributed by atoms with Gasteiger partial charge in [-0.2, -0.15) is 0 Å². The van der Waals surface area contributed by atoms with Crippen LogP contribution in [0.25, 0.3) is 0 Å². The molecule has 0 heterocycles. The Labute approximate surface area is 146 Å². The number of hydrogen-bond donors (Lipinski definition) is 1. The number of carbonyl (C=O) groups excluding carboxylic acids is 1. The maximum absolute atomic E-state index is 12.9. The van der Waals surface area contributed by atoms with E-state index in [2.05, 4.69) is 5.32 Å². The molecule has 1 atom stereocenters. The molecule has 0 aliphatic carbocycles. The molecule has 1 rings (SSSR count). The Balaban J connectivity index is 2.69. The SMILES string of the molecule is CC(=O)N(C)c1ccc(NCCC(C)CCC(C)(F)F)c([N+](=O)[O-])c1. The number of benzene rings is 1. The van der Waals surface area contributed by atoms with Crippen LogP contribution in [0.5, 0.6) is 0 Å². The minimum Gasteiger partial charge on any atom is -0.379 e. The van der Waals surface area contributed by atoms with Crippen LogP contribution in [0.2, 0.25) is 0 Å². The van der Waals surface area contributed by atoms with Crippen molar-refractivity contribution in [3.05, 3.63) is 28.3 Å². The number of nitrogens with one attached hydrogen (secondary N) is 1. The lowest BCUT2D eigenvalue weighted by Gasteiger charge is -2.17. The molecule has 0 aromatic heterocycles. The maximum atomic E-state index is 12.9. The van der Waals surface area contributed by atoms with Crippen molar-refractivity contribution < 1.29 is 18.5 Å². The molecule has 1 unspecified atom stereocenters. The van der Waals surface area contributed by atoms with E-state index >= 15 is 0 Å². The summed E-state index contributed by atoms with van der Waals surface area (Å²) in [6, 6.07) is 4.51. The summed E-state index contributed by atoms with van der Waals surface area (Å²) in [6.45, 7) is 4.60. The zero-order valence-electron chi connectivity index (χ0n) is 15.0. The number of rotatable bonds is 9. The number of alkyl halides is 2. The molecule has 1 aromatic carbocycles. The van der Waals surface area contributed by atoms with E-state index in [1.165, 1.54) is 17.9 Å². The molecule has 0 saturated heterocycles. The largest absolute Gasteiger partial charge is 0.379 e. The van der Waals surface area contributed by atoms with E-state index < -0.39 is 10.8 Å². The van der Waals surface area contributed by atoms with Gasteiger partial charge >= 0.3 is 0 Å². The Morgan fingerprint density at radius 1 is 1.40 bits per heavy atom. The van der Waals surface area contributed by atoms with Crippen molar-refractivity contribution in [2.75, 3.05) is 23.8 Å². The van der Waals surface area contributed by atoms with E-state index in [4.69, 9.17) is 0 Å². The zero-order chi connectivity index (χ0) is 19.2. The fraction of sp³-hybridized carbons (Fsp3) is 0.588. The van der Waals surface area contributed by atoms with Gasteiger partial charge in [-0.25, -0.2) is 8.78 Å². The van der Waals surface area contributed by atoms with Gasteiger partial charge in [0, 0.05) is 33.0 Å². The molecule has 0 radical (unpaired) electrons. The third kappa shape index (κ3) is 7.03. The van der Waals surface area contributed by atoms with Crippen LogP contribution in [-0.2, 0) is 4.79 Å². The summed E-state index contributed by atoms with van der Waals surface area (Å²) >= 11 is 0. The number of nitrogens with zero attached hydrogens (tertiary/aromatic N) is 2. The summed E-state index contributed by atoms with van der Waals surface area (Å²) in [5.74, 6) is -2.81. The quantitative estimate of drug-likeness (QED) is 0.523. The highest BCUT2D eigenvalue weighted by Gasteiger charge is 2.22. The van der Waals surface area contributed by atoms with E-state index in [9.17, 15) is 23.7 Å². The fourth-order valence-corrected chi connectivity index (χ4v) is 2.31. The monoisotopic (exact) mass is 357 g/mol. The van der Waals surface area contributed by atoms with E-state index in [1.54, 1.807) is 19.2 Å². The Morgan fingerprint density at radius 2 is 2.04 bits per heavy atom. The average Bonchev–Trinajstić information content (AvgIpc) is 2.51. The van der Waals surface area contributed by atoms with Gasteiger partial charge in [-0.15, -0.1) is 0 Å². The molecule has 0 spiro atoms. The van der Waals surface area contributed by atoms with E-state index in [0.29, 0.717) is 30.8 Å². The summed E-state index contributed by atoms with van der Waals surface area (Å²) < 4.78 is 25.7. The van der Waals surface area contributed by atoms with Gasteiger partial charge in [-0.3, -0.25) is 14.9 Å². The lowest BCUT2D eigenvalue weighted by Crippen LogP contribution is -2.22. The summed E-state index contributed by atoms with van der Waals surface area (Å²) in [4.78, 5) is 23.4. The van der Waals surface area contributed by atoms with Gasteiger partial charge in [0.25, 0.3) is 5.69 Å². The summed E-state index contributed by atoms with van der Waals surface area (Å²) in [6.07, 6.45) is 0.859. The molecule has 0 aliphatic heterocycles. The second-order valence-corrected chi connectivity index (χ2v) is 6.47. The van der Waals surface area contributed by atoms with Crippen LogP contribution in [-0.4, -0.2) is 30.3 Å². The molecule has 0 fully saturated rings. The lowest BCUT2D eigenvalue weighted by molar-refractivity contribution is -0.383. The Morgan fingerprint density at radius 3 is 2.56 bits per heavy atom. The molecule has 0 aliphatic rings. The van der Waals surface area contributed by atoms with Crippen molar-refractivity contribution in [2.45, 2.75) is 46.0 Å². The van der Waals surface area contributed by atoms with Gasteiger partial charge in [0.1, 0.15) is 5.69 Å². The third-order valence-electron chi connectivity index (χ3n) is 4.07. The number of nitro groups is 1. The first kappa shape index (κ1) is 20.8. The highest BCUT2D eigenvalue weighted by Crippen LogP contribution is 2.30. The third-order valence-corrected chi connectivity index (χ3v) is 4.07. The molecule has 0 saturated carbocycles. The minimum absolute atomic E-state index is 0.0838. The molecule has 140 valence electrons. The molecule has 1 aromatic rings. The van der Waals surface area contributed by atoms with Crippen LogP contribution in [0.1, 0.15) is 40.0 Å². The first-order valence-corrected chi connectivity index (χ1v) is 8.15. The van der Waals surface area contributed by atoms with Gasteiger partial charge in [0.05, 0.1) is 10.6 Å². The normalized spacial score (nSPS) is 12.6. The Hall–Kier alpha value is -2.25. The summed E-state index contributed by atoms with van der Waals surface area (Å²) in [7, 11) is 1.54. The first-order valence-electron chi connectivity index (χ1n) is 8.15. The van der Waals surface area contributed by atoms with Crippen molar-refractivity contribution in [3.63, 3.8) is 0 Å². The van der Waals surface area contributed by atoms with Crippen LogP contribution in [0.4, 0.5) is 25.8 Å². The average molecular weight is 357 g/mol. The predicted molar refractivity (Wildman–Crippen MR) is 94.3 cm³/mol. The maximum Gasteiger partial charge on any atom is 0.294 e.